The van der Waals surface area contributed by atoms with Crippen LogP contribution in [0.2, 0.25) is 0 Å². The zero-order valence-corrected chi connectivity index (χ0v) is 13.0. The average molecular weight is 432 g/mol. The molecular formula is C24H81NOS. The maximum Gasteiger partial charge on any atom is 0.0433 e. The van der Waals surface area contributed by atoms with E-state index in [9.17, 15) is 0 Å². The number of ether oxygens (including phenoxy) is 1. The first-order valence-corrected chi connectivity index (χ1v) is 7.18. The molecule has 0 unspecified atom stereocenters. The van der Waals surface area contributed by atoms with Crippen LogP contribution < -0.4 is 5.32 Å². The van der Waals surface area contributed by atoms with Gasteiger partial charge < -0.3 is 10.1 Å². The average Bonchev–Trinajstić information content (AvgIpc) is 2.30. The molecule has 0 amide bonds. The number of methoxy groups -OCH3 is 1. The Morgan fingerprint density at radius 3 is 0.741 bits per heavy atom. The van der Waals surface area contributed by atoms with Crippen LogP contribution in [0.25, 0.3) is 0 Å². The summed E-state index contributed by atoms with van der Waals surface area (Å²) in [4.78, 5) is 0. The molecule has 0 aliphatic rings. The van der Waals surface area contributed by atoms with Gasteiger partial charge in [-0.25, -0.2) is 0 Å². The van der Waals surface area contributed by atoms with Crippen molar-refractivity contribution in [2.75, 3.05) is 39.3 Å². The van der Waals surface area contributed by atoms with Gasteiger partial charge in [0.25, 0.3) is 0 Å². The summed E-state index contributed by atoms with van der Waals surface area (Å²) in [5.74, 6) is 1.24. The summed E-state index contributed by atoms with van der Waals surface area (Å²) in [5.41, 5.74) is 0. The van der Waals surface area contributed by atoms with Crippen LogP contribution >= 0.6 is 11.8 Å². The summed E-state index contributed by atoms with van der Waals surface area (Å²) in [5, 5.41) is 2.93. The topological polar surface area (TPSA) is 21.3 Å². The van der Waals surface area contributed by atoms with Crippen LogP contribution in [0.15, 0.2) is 0 Å². The molecule has 2 nitrogen and oxygen atoms in total. The van der Waals surface area contributed by atoms with Crippen molar-refractivity contribution in [3.8, 4) is 0 Å². The Bertz CT molecular complexity index is 42.1. The van der Waals surface area contributed by atoms with E-state index < -0.39 is 0 Å². The van der Waals surface area contributed by atoms with Crippen LogP contribution in [-0.4, -0.2) is 39.3 Å². The molecule has 0 aliphatic carbocycles. The molecule has 0 aromatic heterocycles. The highest BCUT2D eigenvalue weighted by atomic mass is 32.2. The van der Waals surface area contributed by atoms with E-state index in [-0.39, 0.29) is 89.1 Å². The van der Waals surface area contributed by atoms with Gasteiger partial charge in [-0.1, -0.05) is 123 Å². The van der Waals surface area contributed by atoms with Gasteiger partial charge in [0.2, 0.25) is 0 Å². The monoisotopic (exact) mass is 432 g/mol. The van der Waals surface area contributed by atoms with Crippen LogP contribution in [0, 0.1) is 0 Å². The molecule has 0 aromatic carbocycles. The van der Waals surface area contributed by atoms with Gasteiger partial charge in [-0.05, 0) is 32.5 Å². The molecule has 194 valence electrons. The second kappa shape index (κ2) is 317. The van der Waals surface area contributed by atoms with E-state index in [1.807, 2.05) is 25.7 Å². The van der Waals surface area contributed by atoms with Crippen molar-refractivity contribution in [3.05, 3.63) is 0 Å². The van der Waals surface area contributed by atoms with Crippen LogP contribution in [0.5, 0.6) is 0 Å². The first-order valence-electron chi connectivity index (χ1n) is 5.78. The third-order valence-corrected chi connectivity index (χ3v) is 1.51. The molecule has 0 saturated heterocycles. The molecule has 27 heavy (non-hydrogen) atoms. The Morgan fingerprint density at radius 1 is 0.630 bits per heavy atom. The van der Waals surface area contributed by atoms with E-state index in [1.54, 1.807) is 7.11 Å². The number of rotatable bonds is 3. The normalized spacial score (nSPS) is 4.00. The Kier molecular flexibility index (Phi) is 1740. The van der Waals surface area contributed by atoms with Crippen molar-refractivity contribution in [3.63, 3.8) is 0 Å². The van der Waals surface area contributed by atoms with Crippen LogP contribution in [0.3, 0.4) is 0 Å². The molecule has 0 aromatic rings. The predicted octanol–water partition coefficient (Wildman–Crippen LogP) is 11.3. The minimum atomic E-state index is 0. The van der Waals surface area contributed by atoms with Gasteiger partial charge >= 0.3 is 0 Å². The third-order valence-electron chi connectivity index (χ3n) is 0.931. The Hall–Kier alpha value is 0.270. The Labute approximate surface area is 191 Å². The summed E-state index contributed by atoms with van der Waals surface area (Å²) in [7, 11) is 3.61. The van der Waals surface area contributed by atoms with Crippen molar-refractivity contribution in [1.29, 1.82) is 0 Å². The smallest absolute Gasteiger partial charge is 0.0433 e. The molecule has 0 fully saturated rings. The Morgan fingerprint density at radius 2 is 0.741 bits per heavy atom. The van der Waals surface area contributed by atoms with Gasteiger partial charge in [-0.15, -0.1) is 0 Å². The first-order chi connectivity index (χ1) is 7.16. The number of thioether (sulfide) groups is 1. The van der Waals surface area contributed by atoms with Gasteiger partial charge in [-0.2, -0.15) is 11.8 Å². The Balaban J connectivity index is -0.00000000373. The third kappa shape index (κ3) is 1450. The predicted molar refractivity (Wildman–Crippen MR) is 158 cm³/mol. The number of nitrogens with one attached hydrogen (secondary N) is 1. The van der Waals surface area contributed by atoms with Crippen molar-refractivity contribution in [1.82, 2.24) is 5.32 Å². The lowest BCUT2D eigenvalue weighted by Crippen LogP contribution is -2.01. The molecular weight excluding hydrogens is 350 g/mol. The van der Waals surface area contributed by atoms with E-state index in [0.717, 1.165) is 13.2 Å². The zero-order valence-electron chi connectivity index (χ0n) is 12.1. The molecule has 0 rings (SSSR count). The van der Waals surface area contributed by atoms with Crippen molar-refractivity contribution in [2.24, 2.45) is 0 Å². The molecule has 0 aliphatic heterocycles. The second-order valence-corrected chi connectivity index (χ2v) is 3.72. The van der Waals surface area contributed by atoms with Crippen LogP contribution in [-0.2, 0) is 4.74 Å². The van der Waals surface area contributed by atoms with E-state index in [0.29, 0.717) is 0 Å². The number of hydrogen-bond donors (Lipinski definition) is 1. The van der Waals surface area contributed by atoms with Gasteiger partial charge in [0.05, 0.1) is 0 Å². The van der Waals surface area contributed by atoms with Crippen molar-refractivity contribution >= 4 is 11.8 Å². The maximum absolute atomic E-state index is 4.54. The maximum atomic E-state index is 4.54. The molecule has 0 radical (unpaired) electrons. The van der Waals surface area contributed by atoms with Crippen LogP contribution in [0.4, 0.5) is 0 Å². The molecule has 0 atom stereocenters. The minimum absolute atomic E-state index is 0. The SMILES string of the molecule is C.C.C.C.C.C.C.C.C.C.C.C.CCC.CCNC.CCOC.CCSC. The van der Waals surface area contributed by atoms with Gasteiger partial charge in [0.1, 0.15) is 0 Å². The highest BCUT2D eigenvalue weighted by Gasteiger charge is 1.55. The molecule has 3 heteroatoms. The minimum Gasteiger partial charge on any atom is -0.385 e. The second-order valence-electron chi connectivity index (χ2n) is 2.57. The molecule has 0 heterocycles. The molecule has 1 N–H and O–H groups in total. The standard InChI is InChI=1S/C3H9N.C3H8O.C3H8S.C3H8.12CH4/c3*1-3-4-2;1-3-2;;;;;;;;;;;;/h4H,3H2,1-2H3;2*3H2,1-2H3;3H2,1-2H3;12*1H4. The fourth-order valence-corrected chi connectivity index (χ4v) is 0. The lowest BCUT2D eigenvalue weighted by atomic mass is 10.6. The van der Waals surface area contributed by atoms with Gasteiger partial charge in [0, 0.05) is 13.7 Å². The van der Waals surface area contributed by atoms with Crippen molar-refractivity contribution < 1.29 is 4.74 Å². The molecule has 0 spiro atoms. The van der Waals surface area contributed by atoms with Crippen molar-refractivity contribution in [2.45, 2.75) is 130 Å². The summed E-state index contributed by atoms with van der Waals surface area (Å²) in [6.07, 6.45) is 3.35. The van der Waals surface area contributed by atoms with E-state index in [1.165, 1.54) is 12.2 Å². The lowest BCUT2D eigenvalue weighted by Gasteiger charge is -1.76. The fraction of sp³-hybridized carbons (Fsp3) is 1.00. The van der Waals surface area contributed by atoms with E-state index >= 15 is 0 Å². The summed E-state index contributed by atoms with van der Waals surface area (Å²) in [6, 6.07) is 0. The molecule has 0 bridgehead atoms. The zero-order chi connectivity index (χ0) is 12.9. The summed E-state index contributed by atoms with van der Waals surface area (Å²) in [6.45, 7) is 12.3. The van der Waals surface area contributed by atoms with E-state index in [4.69, 9.17) is 0 Å². The summed E-state index contributed by atoms with van der Waals surface area (Å²) >= 11 is 1.86. The summed E-state index contributed by atoms with van der Waals surface area (Å²) < 4.78 is 4.54. The number of hydrogen-bond acceptors (Lipinski definition) is 3. The quantitative estimate of drug-likeness (QED) is 0.479. The molecule has 0 saturated carbocycles. The van der Waals surface area contributed by atoms with Gasteiger partial charge in [-0.3, -0.25) is 0 Å². The van der Waals surface area contributed by atoms with E-state index in [2.05, 4.69) is 44.0 Å². The highest BCUT2D eigenvalue weighted by molar-refractivity contribution is 7.98. The van der Waals surface area contributed by atoms with Crippen LogP contribution in [0.1, 0.15) is 130 Å². The highest BCUT2D eigenvalue weighted by Crippen LogP contribution is 1.83. The largest absolute Gasteiger partial charge is 0.385 e. The van der Waals surface area contributed by atoms with Gasteiger partial charge in [0.15, 0.2) is 0 Å². The lowest BCUT2D eigenvalue weighted by molar-refractivity contribution is 0.215. The first kappa shape index (κ1) is 148. The fourth-order valence-electron chi connectivity index (χ4n) is 0.